The van der Waals surface area contributed by atoms with Crippen LogP contribution in [0.5, 0.6) is 0 Å². The van der Waals surface area contributed by atoms with Gasteiger partial charge in [-0.3, -0.25) is 19.2 Å². The Bertz CT molecular complexity index is 745. The van der Waals surface area contributed by atoms with Crippen molar-refractivity contribution >= 4 is 29.5 Å². The Morgan fingerprint density at radius 1 is 0.906 bits per heavy atom. The quantitative estimate of drug-likeness (QED) is 0.377. The molecule has 0 bridgehead atoms. The van der Waals surface area contributed by atoms with E-state index in [1.54, 1.807) is 0 Å². The normalized spacial score (nSPS) is 22.0. The van der Waals surface area contributed by atoms with Gasteiger partial charge in [-0.05, 0) is 44.9 Å². The summed E-state index contributed by atoms with van der Waals surface area (Å²) < 4.78 is 0. The number of likely N-dealkylation sites (tertiary alicyclic amines) is 1. The van der Waals surface area contributed by atoms with Crippen LogP contribution in [0.1, 0.15) is 71.1 Å². The van der Waals surface area contributed by atoms with E-state index in [4.69, 9.17) is 0 Å². The largest absolute Gasteiger partial charge is 0.347 e. The molecule has 1 saturated heterocycles. The Morgan fingerprint density at radius 2 is 1.62 bits per heavy atom. The Morgan fingerprint density at radius 3 is 2.28 bits per heavy atom. The average Bonchev–Trinajstić information content (AvgIpc) is 3.47. The predicted molar refractivity (Wildman–Crippen MR) is 117 cm³/mol. The summed E-state index contributed by atoms with van der Waals surface area (Å²) in [5, 5.41) is 10.7. The second kappa shape index (κ2) is 10.8. The standard InChI is InChI=1S/C22H35N5O5/c1-2-22(10-4-3-5-11-22)26-21(32)24-14-18(29)27-12-6-7-16(27)19(30)23-13-17(28)20(31)25-15-8-9-15/h15-16H,2-14H2,1H3,(H,23,30)(H,25,31)(H2,24,26,32)/t16-/m0/s1. The minimum atomic E-state index is -0.702. The lowest BCUT2D eigenvalue weighted by molar-refractivity contribution is -0.140. The first-order chi connectivity index (χ1) is 15.3. The molecule has 10 nitrogen and oxygen atoms in total. The molecule has 0 radical (unpaired) electrons. The Kier molecular flexibility index (Phi) is 8.09. The van der Waals surface area contributed by atoms with Crippen molar-refractivity contribution in [3.63, 3.8) is 0 Å². The zero-order valence-electron chi connectivity index (χ0n) is 18.8. The molecule has 5 amide bonds. The molecule has 178 valence electrons. The molecule has 1 heterocycles. The lowest BCUT2D eigenvalue weighted by Gasteiger charge is -2.37. The van der Waals surface area contributed by atoms with E-state index in [-0.39, 0.29) is 30.1 Å². The van der Waals surface area contributed by atoms with Crippen LogP contribution < -0.4 is 21.3 Å². The maximum absolute atomic E-state index is 12.7. The van der Waals surface area contributed by atoms with Gasteiger partial charge in [-0.15, -0.1) is 0 Å². The maximum atomic E-state index is 12.7. The van der Waals surface area contributed by atoms with Gasteiger partial charge in [0.2, 0.25) is 17.6 Å². The number of rotatable bonds is 9. The third-order valence-corrected chi connectivity index (χ3v) is 6.73. The molecule has 2 saturated carbocycles. The van der Waals surface area contributed by atoms with Gasteiger partial charge in [-0.2, -0.15) is 0 Å². The van der Waals surface area contributed by atoms with E-state index < -0.39 is 30.2 Å². The number of nitrogens with zero attached hydrogens (tertiary/aromatic N) is 1. The lowest BCUT2D eigenvalue weighted by Crippen LogP contribution is -2.55. The Hall–Kier alpha value is -2.65. The highest BCUT2D eigenvalue weighted by Gasteiger charge is 2.35. The molecule has 3 rings (SSSR count). The molecule has 0 aromatic heterocycles. The second-order valence-corrected chi connectivity index (χ2v) is 9.14. The third-order valence-electron chi connectivity index (χ3n) is 6.73. The van der Waals surface area contributed by atoms with E-state index in [2.05, 4.69) is 28.2 Å². The van der Waals surface area contributed by atoms with Crippen molar-refractivity contribution < 1.29 is 24.0 Å². The van der Waals surface area contributed by atoms with Gasteiger partial charge in [0.15, 0.2) is 0 Å². The minimum Gasteiger partial charge on any atom is -0.347 e. The monoisotopic (exact) mass is 449 g/mol. The zero-order valence-corrected chi connectivity index (χ0v) is 18.8. The van der Waals surface area contributed by atoms with Crippen LogP contribution in [0.4, 0.5) is 4.79 Å². The van der Waals surface area contributed by atoms with Crippen LogP contribution in [-0.2, 0) is 19.2 Å². The van der Waals surface area contributed by atoms with Crippen LogP contribution in [0.2, 0.25) is 0 Å². The van der Waals surface area contributed by atoms with Crippen molar-refractivity contribution in [1.82, 2.24) is 26.2 Å². The van der Waals surface area contributed by atoms with Crippen molar-refractivity contribution in [3.8, 4) is 0 Å². The van der Waals surface area contributed by atoms with Crippen molar-refractivity contribution in [2.45, 2.75) is 88.8 Å². The Balaban J connectivity index is 1.42. The van der Waals surface area contributed by atoms with Crippen molar-refractivity contribution in [2.24, 2.45) is 0 Å². The van der Waals surface area contributed by atoms with Gasteiger partial charge in [-0.25, -0.2) is 4.79 Å². The summed E-state index contributed by atoms with van der Waals surface area (Å²) in [4.78, 5) is 62.6. The summed E-state index contributed by atoms with van der Waals surface area (Å²) in [6, 6.07) is -0.998. The van der Waals surface area contributed by atoms with E-state index in [0.29, 0.717) is 19.4 Å². The molecule has 3 fully saturated rings. The summed E-state index contributed by atoms with van der Waals surface area (Å²) in [6.07, 6.45) is 8.96. The predicted octanol–water partition coefficient (Wildman–Crippen LogP) is 0.353. The van der Waals surface area contributed by atoms with E-state index in [9.17, 15) is 24.0 Å². The second-order valence-electron chi connectivity index (χ2n) is 9.14. The number of carbonyl (C=O) groups is 5. The highest BCUT2D eigenvalue weighted by atomic mass is 16.2. The molecule has 1 atom stereocenters. The van der Waals surface area contributed by atoms with Gasteiger partial charge in [-0.1, -0.05) is 26.2 Å². The van der Waals surface area contributed by atoms with Crippen LogP contribution in [0.15, 0.2) is 0 Å². The van der Waals surface area contributed by atoms with Crippen LogP contribution in [-0.4, -0.2) is 71.7 Å². The summed E-state index contributed by atoms with van der Waals surface area (Å²) in [5.41, 5.74) is -0.209. The van der Waals surface area contributed by atoms with Gasteiger partial charge in [0.05, 0.1) is 13.1 Å². The molecular formula is C22H35N5O5. The third kappa shape index (κ3) is 6.43. The summed E-state index contributed by atoms with van der Waals surface area (Å²) >= 11 is 0. The molecule has 0 aromatic rings. The molecule has 10 heteroatoms. The minimum absolute atomic E-state index is 0.0696. The number of hydrogen-bond donors (Lipinski definition) is 4. The van der Waals surface area contributed by atoms with E-state index in [1.165, 1.54) is 11.3 Å². The molecule has 0 unspecified atom stereocenters. The number of amides is 5. The van der Waals surface area contributed by atoms with Crippen LogP contribution in [0.25, 0.3) is 0 Å². The van der Waals surface area contributed by atoms with Crippen molar-refractivity contribution in [1.29, 1.82) is 0 Å². The first-order valence-electron chi connectivity index (χ1n) is 11.8. The van der Waals surface area contributed by atoms with Gasteiger partial charge in [0, 0.05) is 18.1 Å². The number of carbonyl (C=O) groups excluding carboxylic acids is 5. The van der Waals surface area contributed by atoms with Gasteiger partial charge >= 0.3 is 6.03 Å². The number of Topliss-reactive ketones (excluding diaryl/α,β-unsaturated/α-hetero) is 1. The molecule has 2 aliphatic carbocycles. The first kappa shape index (κ1) is 24.0. The van der Waals surface area contributed by atoms with Crippen LogP contribution >= 0.6 is 0 Å². The molecule has 4 N–H and O–H groups in total. The molecule has 1 aliphatic heterocycles. The smallest absolute Gasteiger partial charge is 0.315 e. The fraction of sp³-hybridized carbons (Fsp3) is 0.773. The highest BCUT2D eigenvalue weighted by molar-refractivity contribution is 6.37. The topological polar surface area (TPSA) is 137 Å². The zero-order chi connectivity index (χ0) is 23.1. The Labute approximate surface area is 188 Å². The highest BCUT2D eigenvalue weighted by Crippen LogP contribution is 2.30. The van der Waals surface area contributed by atoms with E-state index in [0.717, 1.165) is 44.9 Å². The molecule has 32 heavy (non-hydrogen) atoms. The number of ketones is 1. The average molecular weight is 450 g/mol. The summed E-state index contributed by atoms with van der Waals surface area (Å²) in [6.45, 7) is 1.88. The van der Waals surface area contributed by atoms with Crippen molar-refractivity contribution in [2.75, 3.05) is 19.6 Å². The molecule has 0 spiro atoms. The fourth-order valence-corrected chi connectivity index (χ4v) is 4.53. The number of nitrogens with one attached hydrogen (secondary N) is 4. The molecule has 0 aromatic carbocycles. The van der Waals surface area contributed by atoms with Crippen LogP contribution in [0, 0.1) is 0 Å². The summed E-state index contributed by atoms with van der Waals surface area (Å²) in [7, 11) is 0. The van der Waals surface area contributed by atoms with E-state index >= 15 is 0 Å². The number of urea groups is 1. The maximum Gasteiger partial charge on any atom is 0.315 e. The molecular weight excluding hydrogens is 414 g/mol. The SMILES string of the molecule is CCC1(NC(=O)NCC(=O)N2CCC[C@H]2C(=O)NCC(=O)C(=O)NC2CC2)CCCCC1. The van der Waals surface area contributed by atoms with Crippen LogP contribution in [0.3, 0.4) is 0 Å². The molecule has 3 aliphatic rings. The first-order valence-corrected chi connectivity index (χ1v) is 11.8. The lowest BCUT2D eigenvalue weighted by atomic mass is 9.80. The van der Waals surface area contributed by atoms with Gasteiger partial charge in [0.25, 0.3) is 5.91 Å². The summed E-state index contributed by atoms with van der Waals surface area (Å²) in [5.74, 6) is -2.19. The van der Waals surface area contributed by atoms with Crippen molar-refractivity contribution in [3.05, 3.63) is 0 Å². The van der Waals surface area contributed by atoms with E-state index in [1.807, 2.05) is 0 Å². The fourth-order valence-electron chi connectivity index (χ4n) is 4.53. The number of hydrogen-bond acceptors (Lipinski definition) is 5. The van der Waals surface area contributed by atoms with Gasteiger partial charge < -0.3 is 26.2 Å². The van der Waals surface area contributed by atoms with Gasteiger partial charge in [0.1, 0.15) is 6.04 Å².